The number of alkyl halides is 3. The van der Waals surface area contributed by atoms with E-state index in [9.17, 15) is 22.8 Å². The number of aromatic nitrogens is 2. The van der Waals surface area contributed by atoms with Gasteiger partial charge in [0.15, 0.2) is 0 Å². The van der Waals surface area contributed by atoms with Crippen molar-refractivity contribution in [2.75, 3.05) is 23.3 Å². The molecule has 1 amide bonds. The molecule has 2 aromatic heterocycles. The van der Waals surface area contributed by atoms with Crippen molar-refractivity contribution in [1.82, 2.24) is 9.97 Å². The van der Waals surface area contributed by atoms with E-state index in [0.29, 0.717) is 25.9 Å². The van der Waals surface area contributed by atoms with Crippen LogP contribution in [-0.2, 0) is 11.0 Å². The number of carbonyl (C=O) groups excluding carboxylic acids is 1. The van der Waals surface area contributed by atoms with Gasteiger partial charge in [0.2, 0.25) is 5.91 Å². The van der Waals surface area contributed by atoms with Crippen molar-refractivity contribution in [3.63, 3.8) is 0 Å². The smallest absolute Gasteiger partial charge is 0.355 e. The van der Waals surface area contributed by atoms with Crippen molar-refractivity contribution in [3.8, 4) is 0 Å². The Balaban J connectivity index is 1.63. The van der Waals surface area contributed by atoms with E-state index in [1.54, 1.807) is 11.0 Å². The lowest BCUT2D eigenvalue weighted by atomic mass is 9.95. The Morgan fingerprint density at radius 2 is 2.04 bits per heavy atom. The maximum Gasteiger partial charge on any atom is 0.417 e. The van der Waals surface area contributed by atoms with Crippen molar-refractivity contribution in [2.24, 2.45) is 5.92 Å². The number of hydrogen-bond donors (Lipinski definition) is 2. The molecule has 0 aromatic carbocycles. The van der Waals surface area contributed by atoms with Crippen molar-refractivity contribution in [2.45, 2.75) is 19.0 Å². The molecule has 1 aliphatic rings. The number of rotatable bonds is 3. The summed E-state index contributed by atoms with van der Waals surface area (Å²) in [6, 6.07) is 3.97. The summed E-state index contributed by atoms with van der Waals surface area (Å²) in [5.41, 5.74) is -1.11. The van der Waals surface area contributed by atoms with Gasteiger partial charge in [-0.1, -0.05) is 11.6 Å². The first-order chi connectivity index (χ1) is 12.8. The molecule has 0 aliphatic carbocycles. The van der Waals surface area contributed by atoms with Gasteiger partial charge in [-0.3, -0.25) is 9.59 Å². The van der Waals surface area contributed by atoms with Gasteiger partial charge in [-0.05, 0) is 31.0 Å². The molecular weight excluding hydrogens is 385 g/mol. The first-order valence-electron chi connectivity index (χ1n) is 8.22. The molecule has 0 unspecified atom stereocenters. The highest BCUT2D eigenvalue weighted by atomic mass is 35.5. The number of anilines is 2. The van der Waals surface area contributed by atoms with E-state index in [-0.39, 0.29) is 33.9 Å². The van der Waals surface area contributed by atoms with Crippen LogP contribution >= 0.6 is 11.6 Å². The van der Waals surface area contributed by atoms with E-state index < -0.39 is 11.7 Å². The molecule has 3 rings (SSSR count). The average Bonchev–Trinajstić information content (AvgIpc) is 2.63. The first-order valence-corrected chi connectivity index (χ1v) is 8.60. The van der Waals surface area contributed by atoms with Gasteiger partial charge >= 0.3 is 6.18 Å². The standard InChI is InChI=1S/C17H16ClF3N4O2/c18-12-8-11(17(19,20)21)9-23-14(12)25-6-3-10(4-7-25)15(26)24-13-2-1-5-22-16(13)27/h1-2,5,8-10H,3-4,6-7H2,(H,22,27)(H,24,26). The quantitative estimate of drug-likeness (QED) is 0.828. The Hall–Kier alpha value is -2.55. The number of carbonyl (C=O) groups is 1. The highest BCUT2D eigenvalue weighted by Crippen LogP contribution is 2.34. The molecule has 0 radical (unpaired) electrons. The van der Waals surface area contributed by atoms with Crippen molar-refractivity contribution >= 4 is 29.0 Å². The van der Waals surface area contributed by atoms with Crippen LogP contribution in [0.4, 0.5) is 24.7 Å². The first kappa shape index (κ1) is 19.2. The summed E-state index contributed by atoms with van der Waals surface area (Å²) >= 11 is 5.97. The molecule has 27 heavy (non-hydrogen) atoms. The van der Waals surface area contributed by atoms with Gasteiger partial charge in [0.05, 0.1) is 10.6 Å². The number of nitrogens with one attached hydrogen (secondary N) is 2. The zero-order valence-corrected chi connectivity index (χ0v) is 14.8. The predicted octanol–water partition coefficient (Wildman–Crippen LogP) is 3.30. The van der Waals surface area contributed by atoms with Crippen molar-refractivity contribution < 1.29 is 18.0 Å². The number of halogens is 4. The Morgan fingerprint density at radius 1 is 1.33 bits per heavy atom. The average molecular weight is 401 g/mol. The van der Waals surface area contributed by atoms with E-state index in [0.717, 1.165) is 12.3 Å². The molecule has 2 N–H and O–H groups in total. The third-order valence-electron chi connectivity index (χ3n) is 4.39. The molecule has 1 fully saturated rings. The molecular formula is C17H16ClF3N4O2. The van der Waals surface area contributed by atoms with Crippen molar-refractivity contribution in [3.05, 3.63) is 51.5 Å². The third kappa shape index (κ3) is 4.41. The highest BCUT2D eigenvalue weighted by Gasteiger charge is 2.33. The molecule has 0 spiro atoms. The number of hydrogen-bond acceptors (Lipinski definition) is 4. The van der Waals surface area contributed by atoms with Crippen LogP contribution < -0.4 is 15.8 Å². The second-order valence-corrected chi connectivity index (χ2v) is 6.60. The summed E-state index contributed by atoms with van der Waals surface area (Å²) in [5, 5.41) is 2.52. The normalized spacial score (nSPS) is 15.6. The predicted molar refractivity (Wildman–Crippen MR) is 94.9 cm³/mol. The molecule has 6 nitrogen and oxygen atoms in total. The second kappa shape index (κ2) is 7.59. The summed E-state index contributed by atoms with van der Waals surface area (Å²) in [5.74, 6) is -0.310. The zero-order valence-electron chi connectivity index (χ0n) is 14.0. The van der Waals surface area contributed by atoms with Crippen LogP contribution in [0, 0.1) is 5.92 Å². The van der Waals surface area contributed by atoms with Crippen LogP contribution in [0.3, 0.4) is 0 Å². The summed E-state index contributed by atoms with van der Waals surface area (Å²) in [6.07, 6.45) is -1.35. The van der Waals surface area contributed by atoms with Crippen LogP contribution in [0.2, 0.25) is 5.02 Å². The van der Waals surface area contributed by atoms with Crippen LogP contribution in [0.5, 0.6) is 0 Å². The minimum absolute atomic E-state index is 0.0801. The summed E-state index contributed by atoms with van der Waals surface area (Å²) < 4.78 is 38.1. The van der Waals surface area contributed by atoms with Crippen LogP contribution in [0.25, 0.3) is 0 Å². The topological polar surface area (TPSA) is 78.1 Å². The SMILES string of the molecule is O=C(Nc1ccc[nH]c1=O)C1CCN(c2ncc(C(F)(F)F)cc2Cl)CC1. The van der Waals surface area contributed by atoms with E-state index >= 15 is 0 Å². The Kier molecular flexibility index (Phi) is 5.41. The van der Waals surface area contributed by atoms with Gasteiger partial charge < -0.3 is 15.2 Å². The van der Waals surface area contributed by atoms with Gasteiger partial charge in [-0.2, -0.15) is 13.2 Å². The molecule has 144 valence electrons. The molecule has 0 saturated carbocycles. The lowest BCUT2D eigenvalue weighted by Crippen LogP contribution is -2.39. The number of amides is 1. The van der Waals surface area contributed by atoms with Gasteiger partial charge in [0, 0.05) is 31.4 Å². The van der Waals surface area contributed by atoms with E-state index in [2.05, 4.69) is 15.3 Å². The molecule has 0 bridgehead atoms. The molecule has 1 saturated heterocycles. The summed E-state index contributed by atoms with van der Waals surface area (Å²) in [7, 11) is 0. The van der Waals surface area contributed by atoms with Gasteiger partial charge in [-0.15, -0.1) is 0 Å². The molecule has 1 aliphatic heterocycles. The fraction of sp³-hybridized carbons (Fsp3) is 0.353. The maximum absolute atomic E-state index is 12.7. The lowest BCUT2D eigenvalue weighted by molar-refractivity contribution is -0.137. The fourth-order valence-corrected chi connectivity index (χ4v) is 3.21. The van der Waals surface area contributed by atoms with Gasteiger partial charge in [0.1, 0.15) is 11.5 Å². The number of piperidine rings is 1. The number of H-pyrrole nitrogens is 1. The number of pyridine rings is 2. The fourth-order valence-electron chi connectivity index (χ4n) is 2.93. The summed E-state index contributed by atoms with van der Waals surface area (Å²) in [6.45, 7) is 0.836. The largest absolute Gasteiger partial charge is 0.417 e. The van der Waals surface area contributed by atoms with Gasteiger partial charge in [0.25, 0.3) is 5.56 Å². The number of aromatic amines is 1. The van der Waals surface area contributed by atoms with E-state index in [1.807, 2.05) is 0 Å². The molecule has 2 aromatic rings. The Labute approximate surface area is 157 Å². The monoisotopic (exact) mass is 400 g/mol. The zero-order chi connectivity index (χ0) is 19.6. The third-order valence-corrected chi connectivity index (χ3v) is 4.67. The molecule has 3 heterocycles. The summed E-state index contributed by atoms with van der Waals surface area (Å²) in [4.78, 5) is 32.0. The van der Waals surface area contributed by atoms with E-state index in [1.165, 1.54) is 12.3 Å². The van der Waals surface area contributed by atoms with Crippen molar-refractivity contribution in [1.29, 1.82) is 0 Å². The van der Waals surface area contributed by atoms with Crippen LogP contribution in [0.15, 0.2) is 35.4 Å². The molecule has 10 heteroatoms. The number of nitrogens with zero attached hydrogens (tertiary/aromatic N) is 2. The highest BCUT2D eigenvalue weighted by molar-refractivity contribution is 6.33. The minimum Gasteiger partial charge on any atom is -0.355 e. The minimum atomic E-state index is -4.50. The lowest BCUT2D eigenvalue weighted by Gasteiger charge is -2.32. The maximum atomic E-state index is 12.7. The van der Waals surface area contributed by atoms with E-state index in [4.69, 9.17) is 11.6 Å². The van der Waals surface area contributed by atoms with Crippen LogP contribution in [0.1, 0.15) is 18.4 Å². The second-order valence-electron chi connectivity index (χ2n) is 6.19. The molecule has 0 atom stereocenters. The Morgan fingerprint density at radius 3 is 2.63 bits per heavy atom. The Bertz CT molecular complexity index is 892. The van der Waals surface area contributed by atoms with Crippen LogP contribution in [-0.4, -0.2) is 29.0 Å². The van der Waals surface area contributed by atoms with Gasteiger partial charge in [-0.25, -0.2) is 4.98 Å².